The van der Waals surface area contributed by atoms with E-state index in [0.717, 1.165) is 30.8 Å². The normalized spacial score (nSPS) is 16.2. The minimum atomic E-state index is 0.0181. The molecule has 2 aromatic rings. The molecular weight excluding hydrogens is 394 g/mol. The molecule has 168 valence electrons. The third-order valence-electron chi connectivity index (χ3n) is 5.58. The summed E-state index contributed by atoms with van der Waals surface area (Å²) < 4.78 is 5.65. The molecule has 8 nitrogen and oxygen atoms in total. The van der Waals surface area contributed by atoms with Gasteiger partial charge in [0.05, 0.1) is 0 Å². The SMILES string of the molecule is CC(=O)N1CCCN(C)CCN(C(=O)CCc2nnc(C(C)C)o2)Cc2ccccc21. The first-order valence-corrected chi connectivity index (χ1v) is 11.0. The van der Waals surface area contributed by atoms with Gasteiger partial charge in [-0.1, -0.05) is 32.0 Å². The van der Waals surface area contributed by atoms with Crippen molar-refractivity contribution in [1.29, 1.82) is 0 Å². The highest BCUT2D eigenvalue weighted by molar-refractivity contribution is 5.92. The molecule has 0 unspecified atom stereocenters. The molecule has 1 aromatic heterocycles. The van der Waals surface area contributed by atoms with Crippen LogP contribution in [0.4, 0.5) is 5.69 Å². The van der Waals surface area contributed by atoms with Crippen LogP contribution in [-0.4, -0.2) is 65.0 Å². The molecule has 8 heteroatoms. The zero-order valence-corrected chi connectivity index (χ0v) is 19.0. The van der Waals surface area contributed by atoms with E-state index in [1.54, 1.807) is 6.92 Å². The monoisotopic (exact) mass is 427 g/mol. The fourth-order valence-corrected chi connectivity index (χ4v) is 3.73. The number of para-hydroxylation sites is 1. The molecule has 0 N–H and O–H groups in total. The van der Waals surface area contributed by atoms with Gasteiger partial charge in [-0.05, 0) is 31.6 Å². The van der Waals surface area contributed by atoms with Crippen molar-refractivity contribution in [3.05, 3.63) is 41.6 Å². The fraction of sp³-hybridized carbons (Fsp3) is 0.565. The van der Waals surface area contributed by atoms with Gasteiger partial charge >= 0.3 is 0 Å². The van der Waals surface area contributed by atoms with E-state index in [0.29, 0.717) is 44.3 Å². The molecule has 1 aliphatic heterocycles. The molecule has 2 heterocycles. The molecule has 0 aliphatic carbocycles. The van der Waals surface area contributed by atoms with Crippen LogP contribution in [0.1, 0.15) is 56.9 Å². The lowest BCUT2D eigenvalue weighted by molar-refractivity contribution is -0.132. The Balaban J connectivity index is 1.78. The highest BCUT2D eigenvalue weighted by Crippen LogP contribution is 2.24. The summed E-state index contributed by atoms with van der Waals surface area (Å²) in [6, 6.07) is 7.86. The number of anilines is 1. The summed E-state index contributed by atoms with van der Waals surface area (Å²) in [5, 5.41) is 8.11. The largest absolute Gasteiger partial charge is 0.425 e. The van der Waals surface area contributed by atoms with Crippen molar-refractivity contribution in [2.24, 2.45) is 0 Å². The number of carbonyl (C=O) groups excluding carboxylic acids is 2. The van der Waals surface area contributed by atoms with Gasteiger partial charge in [-0.15, -0.1) is 10.2 Å². The van der Waals surface area contributed by atoms with Crippen molar-refractivity contribution in [2.45, 2.75) is 52.5 Å². The van der Waals surface area contributed by atoms with Crippen LogP contribution >= 0.6 is 0 Å². The minimum absolute atomic E-state index is 0.0181. The molecule has 0 radical (unpaired) electrons. The number of rotatable bonds is 4. The topological polar surface area (TPSA) is 82.8 Å². The van der Waals surface area contributed by atoms with Gasteiger partial charge in [-0.25, -0.2) is 0 Å². The van der Waals surface area contributed by atoms with Gasteiger partial charge in [0, 0.05) is 57.5 Å². The van der Waals surface area contributed by atoms with Gasteiger partial charge in [-0.3, -0.25) is 9.59 Å². The maximum atomic E-state index is 13.1. The summed E-state index contributed by atoms with van der Waals surface area (Å²) in [5.74, 6) is 1.32. The number of hydrogen-bond acceptors (Lipinski definition) is 6. The first kappa shape index (κ1) is 22.9. The zero-order chi connectivity index (χ0) is 22.4. The maximum Gasteiger partial charge on any atom is 0.223 e. The van der Waals surface area contributed by atoms with E-state index in [1.165, 1.54) is 0 Å². The number of likely N-dealkylation sites (N-methyl/N-ethyl adjacent to an activating group) is 1. The van der Waals surface area contributed by atoms with Gasteiger partial charge in [0.2, 0.25) is 23.6 Å². The third-order valence-corrected chi connectivity index (χ3v) is 5.58. The van der Waals surface area contributed by atoms with Crippen LogP contribution in [0.2, 0.25) is 0 Å². The highest BCUT2D eigenvalue weighted by atomic mass is 16.4. The lowest BCUT2D eigenvalue weighted by atomic mass is 10.1. The predicted octanol–water partition coefficient (Wildman–Crippen LogP) is 2.84. The van der Waals surface area contributed by atoms with Crippen LogP contribution in [0.5, 0.6) is 0 Å². The molecule has 0 spiro atoms. The van der Waals surface area contributed by atoms with Gasteiger partial charge < -0.3 is 19.1 Å². The van der Waals surface area contributed by atoms with Crippen LogP contribution in [0.3, 0.4) is 0 Å². The Morgan fingerprint density at radius 2 is 1.87 bits per heavy atom. The van der Waals surface area contributed by atoms with Gasteiger partial charge in [0.25, 0.3) is 0 Å². The van der Waals surface area contributed by atoms with Crippen LogP contribution < -0.4 is 4.90 Å². The van der Waals surface area contributed by atoms with E-state index in [9.17, 15) is 9.59 Å². The molecule has 1 aliphatic rings. The number of fused-ring (bicyclic) bond motifs is 1. The Kier molecular flexibility index (Phi) is 7.79. The Morgan fingerprint density at radius 3 is 2.58 bits per heavy atom. The molecule has 3 rings (SSSR count). The van der Waals surface area contributed by atoms with Crippen molar-refractivity contribution >= 4 is 17.5 Å². The van der Waals surface area contributed by atoms with E-state index in [2.05, 4.69) is 22.1 Å². The summed E-state index contributed by atoms with van der Waals surface area (Å²) >= 11 is 0. The molecule has 0 saturated heterocycles. The fourth-order valence-electron chi connectivity index (χ4n) is 3.73. The Morgan fingerprint density at radius 1 is 1.10 bits per heavy atom. The molecule has 31 heavy (non-hydrogen) atoms. The molecule has 0 bridgehead atoms. The van der Waals surface area contributed by atoms with Crippen LogP contribution in [0.25, 0.3) is 0 Å². The van der Waals surface area contributed by atoms with Crippen LogP contribution in [0, 0.1) is 0 Å². The molecule has 0 atom stereocenters. The molecular formula is C23H33N5O3. The van der Waals surface area contributed by atoms with Crippen molar-refractivity contribution < 1.29 is 14.0 Å². The van der Waals surface area contributed by atoms with Crippen molar-refractivity contribution in [1.82, 2.24) is 20.0 Å². The second-order valence-corrected chi connectivity index (χ2v) is 8.46. The Labute approximate surface area is 184 Å². The number of nitrogens with zero attached hydrogens (tertiary/aromatic N) is 5. The summed E-state index contributed by atoms with van der Waals surface area (Å²) in [6.45, 7) is 9.00. The number of carbonyl (C=O) groups is 2. The van der Waals surface area contributed by atoms with Gasteiger partial charge in [0.1, 0.15) is 0 Å². The van der Waals surface area contributed by atoms with E-state index < -0.39 is 0 Å². The zero-order valence-electron chi connectivity index (χ0n) is 19.0. The van der Waals surface area contributed by atoms with E-state index in [1.807, 2.05) is 47.9 Å². The molecule has 1 aromatic carbocycles. The van der Waals surface area contributed by atoms with E-state index in [4.69, 9.17) is 4.42 Å². The third kappa shape index (κ3) is 6.13. The van der Waals surface area contributed by atoms with Crippen molar-refractivity contribution in [2.75, 3.05) is 38.1 Å². The minimum Gasteiger partial charge on any atom is -0.425 e. The summed E-state index contributed by atoms with van der Waals surface area (Å²) in [7, 11) is 2.05. The summed E-state index contributed by atoms with van der Waals surface area (Å²) in [6.07, 6.45) is 1.61. The lowest BCUT2D eigenvalue weighted by Crippen LogP contribution is -2.37. The second-order valence-electron chi connectivity index (χ2n) is 8.46. The number of aromatic nitrogens is 2. The predicted molar refractivity (Wildman–Crippen MR) is 119 cm³/mol. The Bertz CT molecular complexity index is 895. The summed E-state index contributed by atoms with van der Waals surface area (Å²) in [5.41, 5.74) is 1.87. The number of aryl methyl sites for hydroxylation is 1. The summed E-state index contributed by atoms with van der Waals surface area (Å²) in [4.78, 5) is 31.4. The number of hydrogen-bond donors (Lipinski definition) is 0. The molecule has 2 amide bonds. The maximum absolute atomic E-state index is 13.1. The molecule has 0 fully saturated rings. The first-order chi connectivity index (χ1) is 14.8. The lowest BCUT2D eigenvalue weighted by Gasteiger charge is -2.27. The smallest absolute Gasteiger partial charge is 0.223 e. The average Bonchev–Trinajstić information content (AvgIpc) is 3.21. The van der Waals surface area contributed by atoms with Crippen molar-refractivity contribution in [3.8, 4) is 0 Å². The highest BCUT2D eigenvalue weighted by Gasteiger charge is 2.22. The van der Waals surface area contributed by atoms with Gasteiger partial charge in [0.15, 0.2) is 0 Å². The Hall–Kier alpha value is -2.74. The quantitative estimate of drug-likeness (QED) is 0.746. The number of benzene rings is 1. The number of amides is 2. The second kappa shape index (κ2) is 10.5. The van der Waals surface area contributed by atoms with E-state index in [-0.39, 0.29) is 17.7 Å². The van der Waals surface area contributed by atoms with E-state index >= 15 is 0 Å². The molecule has 0 saturated carbocycles. The average molecular weight is 428 g/mol. The van der Waals surface area contributed by atoms with Crippen molar-refractivity contribution in [3.63, 3.8) is 0 Å². The standard InChI is InChI=1S/C23H33N5O3/c1-17(2)23-25-24-21(31-23)10-11-22(30)27-15-14-26(4)12-7-13-28(18(3)29)20-9-6-5-8-19(20)16-27/h5-6,8-9,17H,7,10-16H2,1-4H3. The first-order valence-electron chi connectivity index (χ1n) is 11.0. The van der Waals surface area contributed by atoms with Crippen LogP contribution in [0.15, 0.2) is 28.7 Å². The van der Waals surface area contributed by atoms with Crippen LogP contribution in [-0.2, 0) is 22.6 Å². The van der Waals surface area contributed by atoms with Gasteiger partial charge in [-0.2, -0.15) is 0 Å².